The van der Waals surface area contributed by atoms with Gasteiger partial charge in [0.05, 0.1) is 5.52 Å². The van der Waals surface area contributed by atoms with E-state index in [-0.39, 0.29) is 5.91 Å². The zero-order valence-electron chi connectivity index (χ0n) is 12.9. The van der Waals surface area contributed by atoms with Gasteiger partial charge in [-0.15, -0.1) is 0 Å². The van der Waals surface area contributed by atoms with Gasteiger partial charge in [-0.05, 0) is 60.8 Å². The molecule has 3 rings (SSSR count). The topological polar surface area (TPSA) is 22.0 Å². The van der Waals surface area contributed by atoms with Crippen molar-refractivity contribution >= 4 is 28.4 Å². The first-order valence-electron chi connectivity index (χ1n) is 7.69. The zero-order valence-corrected chi connectivity index (χ0v) is 13.7. The van der Waals surface area contributed by atoms with Crippen molar-refractivity contribution in [1.29, 1.82) is 0 Å². The van der Waals surface area contributed by atoms with Crippen molar-refractivity contribution < 1.29 is 4.79 Å². The van der Waals surface area contributed by atoms with Gasteiger partial charge in [0.15, 0.2) is 0 Å². The number of carbonyl (C=O) groups excluding carboxylic acids is 1. The lowest BCUT2D eigenvalue weighted by atomic mass is 9.71. The van der Waals surface area contributed by atoms with Crippen LogP contribution < -0.4 is 0 Å². The number of carbonyl (C=O) groups is 1. The van der Waals surface area contributed by atoms with Crippen LogP contribution in [0.5, 0.6) is 0 Å². The molecule has 0 amide bonds. The second-order valence-corrected chi connectivity index (χ2v) is 7.51. The van der Waals surface area contributed by atoms with Gasteiger partial charge in [-0.3, -0.25) is 9.36 Å². The number of benzene rings is 1. The van der Waals surface area contributed by atoms with E-state index in [0.29, 0.717) is 11.3 Å². The summed E-state index contributed by atoms with van der Waals surface area (Å²) in [4.78, 5) is 11.9. The molecule has 21 heavy (non-hydrogen) atoms. The molecule has 0 radical (unpaired) electrons. The predicted octanol–water partition coefficient (Wildman–Crippen LogP) is 5.64. The van der Waals surface area contributed by atoms with E-state index in [2.05, 4.69) is 13.8 Å². The molecule has 0 saturated heterocycles. The molecule has 3 heteroatoms. The maximum Gasteiger partial charge on any atom is 0.227 e. The number of rotatable bonds is 1. The van der Waals surface area contributed by atoms with Crippen LogP contribution in [0.15, 0.2) is 24.4 Å². The molecule has 112 valence electrons. The van der Waals surface area contributed by atoms with Crippen molar-refractivity contribution in [3.05, 3.63) is 35.0 Å². The van der Waals surface area contributed by atoms with Crippen LogP contribution in [0.4, 0.5) is 0 Å². The zero-order chi connectivity index (χ0) is 15.2. The largest absolute Gasteiger partial charge is 0.287 e. The summed E-state index contributed by atoms with van der Waals surface area (Å²) in [7, 11) is 0. The van der Waals surface area contributed by atoms with Crippen LogP contribution >= 0.6 is 11.6 Å². The van der Waals surface area contributed by atoms with Crippen LogP contribution in [-0.2, 0) is 0 Å². The number of hydrogen-bond donors (Lipinski definition) is 0. The third kappa shape index (κ3) is 2.74. The highest BCUT2D eigenvalue weighted by molar-refractivity contribution is 6.31. The summed E-state index contributed by atoms with van der Waals surface area (Å²) in [6.07, 6.45) is 6.90. The first-order chi connectivity index (χ1) is 9.87. The minimum Gasteiger partial charge on any atom is -0.287 e. The van der Waals surface area contributed by atoms with Gasteiger partial charge in [-0.2, -0.15) is 0 Å². The Bertz CT molecular complexity index is 689. The van der Waals surface area contributed by atoms with Crippen LogP contribution in [0.2, 0.25) is 5.02 Å². The van der Waals surface area contributed by atoms with Crippen molar-refractivity contribution in [3.63, 3.8) is 0 Å². The Labute approximate surface area is 131 Å². The van der Waals surface area contributed by atoms with Crippen LogP contribution in [0, 0.1) is 5.41 Å². The van der Waals surface area contributed by atoms with Crippen molar-refractivity contribution in [1.82, 2.24) is 4.57 Å². The molecule has 1 saturated carbocycles. The van der Waals surface area contributed by atoms with Gasteiger partial charge in [0.1, 0.15) is 0 Å². The fraction of sp³-hybridized carbons (Fsp3) is 0.500. The van der Waals surface area contributed by atoms with E-state index in [4.69, 9.17) is 11.6 Å². The lowest BCUT2D eigenvalue weighted by Gasteiger charge is -2.34. The third-order valence-electron chi connectivity index (χ3n) is 4.92. The SMILES string of the molecule is CC(=O)n1cc(C2CCC(C)(C)CC2)c2cc(Cl)ccc21. The van der Waals surface area contributed by atoms with Gasteiger partial charge in [-0.1, -0.05) is 25.4 Å². The van der Waals surface area contributed by atoms with Gasteiger partial charge in [0.2, 0.25) is 5.91 Å². The fourth-order valence-corrected chi connectivity index (χ4v) is 3.70. The van der Waals surface area contributed by atoms with E-state index >= 15 is 0 Å². The summed E-state index contributed by atoms with van der Waals surface area (Å²) in [5.74, 6) is 0.601. The molecular formula is C18H22ClNO. The summed E-state index contributed by atoms with van der Waals surface area (Å²) in [6, 6.07) is 5.82. The third-order valence-corrected chi connectivity index (χ3v) is 5.15. The lowest BCUT2D eigenvalue weighted by Crippen LogP contribution is -2.20. The maximum absolute atomic E-state index is 11.9. The molecule has 2 nitrogen and oxygen atoms in total. The smallest absolute Gasteiger partial charge is 0.227 e. The Morgan fingerprint density at radius 3 is 2.57 bits per heavy atom. The van der Waals surface area contributed by atoms with Gasteiger partial charge in [-0.25, -0.2) is 0 Å². The standard InChI is InChI=1S/C18H22ClNO/c1-12(21)20-11-16(13-6-8-18(2,3)9-7-13)15-10-14(19)4-5-17(15)20/h4-5,10-11,13H,6-9H2,1-3H3. The quantitative estimate of drug-likeness (QED) is 0.668. The highest BCUT2D eigenvalue weighted by Gasteiger charge is 2.29. The molecular weight excluding hydrogens is 282 g/mol. The summed E-state index contributed by atoms with van der Waals surface area (Å²) >= 11 is 6.17. The van der Waals surface area contributed by atoms with Crippen LogP contribution in [0.3, 0.4) is 0 Å². The van der Waals surface area contributed by atoms with Crippen LogP contribution in [0.25, 0.3) is 10.9 Å². The molecule has 0 unspecified atom stereocenters. The molecule has 0 atom stereocenters. The van der Waals surface area contributed by atoms with Crippen molar-refractivity contribution in [2.75, 3.05) is 0 Å². The number of fused-ring (bicyclic) bond motifs is 1. The van der Waals surface area contributed by atoms with E-state index < -0.39 is 0 Å². The highest BCUT2D eigenvalue weighted by Crippen LogP contribution is 2.44. The Balaban J connectivity index is 2.06. The molecule has 0 bridgehead atoms. The van der Waals surface area contributed by atoms with Gasteiger partial charge < -0.3 is 0 Å². The van der Waals surface area contributed by atoms with E-state index in [1.54, 1.807) is 11.5 Å². The van der Waals surface area contributed by atoms with E-state index in [0.717, 1.165) is 15.9 Å². The molecule has 0 spiro atoms. The van der Waals surface area contributed by atoms with Crippen LogP contribution in [-0.4, -0.2) is 10.5 Å². The summed E-state index contributed by atoms with van der Waals surface area (Å²) < 4.78 is 1.76. The van der Waals surface area contributed by atoms with Crippen molar-refractivity contribution in [2.45, 2.75) is 52.4 Å². The monoisotopic (exact) mass is 303 g/mol. The summed E-state index contributed by atoms with van der Waals surface area (Å²) in [5.41, 5.74) is 2.72. The molecule has 0 N–H and O–H groups in total. The Hall–Kier alpha value is -1.28. The normalized spacial score (nSPS) is 19.0. The molecule has 1 fully saturated rings. The second-order valence-electron chi connectivity index (χ2n) is 7.07. The first-order valence-corrected chi connectivity index (χ1v) is 8.07. The van der Waals surface area contributed by atoms with Gasteiger partial charge in [0, 0.05) is 23.5 Å². The molecule has 1 aromatic heterocycles. The average Bonchev–Trinajstić information content (AvgIpc) is 2.77. The molecule has 1 aliphatic carbocycles. The fourth-order valence-electron chi connectivity index (χ4n) is 3.52. The summed E-state index contributed by atoms with van der Waals surface area (Å²) in [5, 5.41) is 1.88. The Kier molecular flexibility index (Phi) is 3.61. The Morgan fingerprint density at radius 1 is 1.29 bits per heavy atom. The number of nitrogens with zero attached hydrogens (tertiary/aromatic N) is 1. The van der Waals surface area contributed by atoms with Crippen molar-refractivity contribution in [3.8, 4) is 0 Å². The molecule has 1 heterocycles. The van der Waals surface area contributed by atoms with E-state index in [1.807, 2.05) is 24.4 Å². The van der Waals surface area contributed by atoms with Crippen molar-refractivity contribution in [2.24, 2.45) is 5.41 Å². The van der Waals surface area contributed by atoms with Gasteiger partial charge in [0.25, 0.3) is 0 Å². The molecule has 2 aromatic rings. The maximum atomic E-state index is 11.9. The summed E-state index contributed by atoms with van der Waals surface area (Å²) in [6.45, 7) is 6.31. The van der Waals surface area contributed by atoms with Crippen LogP contribution in [0.1, 0.15) is 62.7 Å². The second kappa shape index (κ2) is 5.17. The average molecular weight is 304 g/mol. The minimum absolute atomic E-state index is 0.0599. The van der Waals surface area contributed by atoms with E-state index in [9.17, 15) is 4.79 Å². The lowest BCUT2D eigenvalue weighted by molar-refractivity contribution is 0.0941. The minimum atomic E-state index is 0.0599. The number of aromatic nitrogens is 1. The molecule has 1 aliphatic rings. The van der Waals surface area contributed by atoms with E-state index in [1.165, 1.54) is 31.2 Å². The highest BCUT2D eigenvalue weighted by atomic mass is 35.5. The first kappa shape index (κ1) is 14.6. The Morgan fingerprint density at radius 2 is 1.95 bits per heavy atom. The number of halogens is 1. The van der Waals surface area contributed by atoms with Gasteiger partial charge >= 0.3 is 0 Å². The predicted molar refractivity (Wildman–Crippen MR) is 88.2 cm³/mol. The number of hydrogen-bond acceptors (Lipinski definition) is 1. The molecule has 0 aliphatic heterocycles. The molecule has 1 aromatic carbocycles.